The Kier molecular flexibility index (Phi) is 5.24. The van der Waals surface area contributed by atoms with Crippen LogP contribution in [0.5, 0.6) is 0 Å². The molecule has 1 heterocycles. The van der Waals surface area contributed by atoms with Crippen molar-refractivity contribution in [1.29, 1.82) is 10.5 Å². The summed E-state index contributed by atoms with van der Waals surface area (Å²) in [5.41, 5.74) is 5.68. The number of halogens is 1. The molecule has 4 nitrogen and oxygen atoms in total. The summed E-state index contributed by atoms with van der Waals surface area (Å²) in [7, 11) is 0. The van der Waals surface area contributed by atoms with Gasteiger partial charge < -0.3 is 5.73 Å². The molecule has 1 aromatic rings. The van der Waals surface area contributed by atoms with Gasteiger partial charge in [-0.25, -0.2) is 0 Å². The summed E-state index contributed by atoms with van der Waals surface area (Å²) in [6.07, 6.45) is 0. The van der Waals surface area contributed by atoms with E-state index in [1.54, 1.807) is 11.0 Å². The van der Waals surface area contributed by atoms with Crippen LogP contribution in [0, 0.1) is 22.7 Å². The fourth-order valence-corrected chi connectivity index (χ4v) is 2.62. The predicted octanol–water partition coefficient (Wildman–Crippen LogP) is 1.75. The van der Waals surface area contributed by atoms with Gasteiger partial charge in [0.2, 0.25) is 0 Å². The highest BCUT2D eigenvalue weighted by atomic mass is 35.5. The molecule has 6 heteroatoms. The zero-order chi connectivity index (χ0) is 12.0. The molecule has 0 aliphatic carbocycles. The molecular weight excluding hydrogens is 244 g/mol. The molecule has 1 aromatic heterocycles. The van der Waals surface area contributed by atoms with Crippen molar-refractivity contribution in [3.05, 3.63) is 21.3 Å². The van der Waals surface area contributed by atoms with Crippen molar-refractivity contribution in [2.75, 3.05) is 19.6 Å². The Labute approximate surface area is 103 Å². The Morgan fingerprint density at radius 1 is 1.38 bits per heavy atom. The molecule has 0 aliphatic heterocycles. The average molecular weight is 255 g/mol. The van der Waals surface area contributed by atoms with E-state index in [1.807, 2.05) is 18.2 Å². The summed E-state index contributed by atoms with van der Waals surface area (Å²) >= 11 is 7.27. The second-order valence-electron chi connectivity index (χ2n) is 3.11. The number of hydrogen-bond donors (Lipinski definition) is 1. The van der Waals surface area contributed by atoms with Crippen molar-refractivity contribution < 1.29 is 0 Å². The lowest BCUT2D eigenvalue weighted by Gasteiger charge is -2.25. The molecule has 1 atom stereocenters. The Bertz CT molecular complexity index is 401. The summed E-state index contributed by atoms with van der Waals surface area (Å²) in [6, 6.07) is 7.63. The van der Waals surface area contributed by atoms with E-state index in [9.17, 15) is 0 Å². The van der Waals surface area contributed by atoms with Gasteiger partial charge in [0.05, 0.1) is 35.6 Å². The van der Waals surface area contributed by atoms with Gasteiger partial charge in [-0.1, -0.05) is 11.6 Å². The van der Waals surface area contributed by atoms with Gasteiger partial charge in [-0.2, -0.15) is 10.5 Å². The molecule has 0 radical (unpaired) electrons. The molecule has 2 N–H and O–H groups in total. The van der Waals surface area contributed by atoms with Gasteiger partial charge >= 0.3 is 0 Å². The number of hydrogen-bond acceptors (Lipinski definition) is 5. The fraction of sp³-hybridized carbons (Fsp3) is 0.400. The van der Waals surface area contributed by atoms with Crippen molar-refractivity contribution in [2.45, 2.75) is 6.04 Å². The van der Waals surface area contributed by atoms with Crippen LogP contribution in [-0.4, -0.2) is 24.5 Å². The second kappa shape index (κ2) is 6.47. The van der Waals surface area contributed by atoms with Crippen molar-refractivity contribution in [1.82, 2.24) is 4.90 Å². The number of rotatable bonds is 5. The Morgan fingerprint density at radius 3 is 2.38 bits per heavy atom. The van der Waals surface area contributed by atoms with Crippen molar-refractivity contribution in [3.63, 3.8) is 0 Å². The van der Waals surface area contributed by atoms with Crippen LogP contribution >= 0.6 is 22.9 Å². The zero-order valence-electron chi connectivity index (χ0n) is 8.56. The van der Waals surface area contributed by atoms with Gasteiger partial charge in [0, 0.05) is 11.4 Å². The minimum atomic E-state index is -0.114. The molecular formula is C10H11ClN4S. The van der Waals surface area contributed by atoms with E-state index in [4.69, 9.17) is 27.9 Å². The van der Waals surface area contributed by atoms with Gasteiger partial charge in [-0.15, -0.1) is 11.3 Å². The van der Waals surface area contributed by atoms with E-state index < -0.39 is 0 Å². The molecule has 1 unspecified atom stereocenters. The molecule has 0 aromatic carbocycles. The number of nitrogens with zero attached hydrogens (tertiary/aromatic N) is 3. The number of nitrogens with two attached hydrogens (primary N) is 1. The van der Waals surface area contributed by atoms with Gasteiger partial charge in [0.15, 0.2) is 0 Å². The first-order valence-corrected chi connectivity index (χ1v) is 5.85. The maximum Gasteiger partial charge on any atom is 0.0931 e. The maximum absolute atomic E-state index is 8.70. The third-order valence-corrected chi connectivity index (χ3v) is 3.47. The predicted molar refractivity (Wildman–Crippen MR) is 63.9 cm³/mol. The molecule has 0 saturated heterocycles. The van der Waals surface area contributed by atoms with Crippen LogP contribution < -0.4 is 5.73 Å². The summed E-state index contributed by atoms with van der Waals surface area (Å²) in [5, 5.41) is 17.4. The lowest BCUT2D eigenvalue weighted by molar-refractivity contribution is 0.257. The lowest BCUT2D eigenvalue weighted by atomic mass is 10.2. The van der Waals surface area contributed by atoms with E-state index in [1.165, 1.54) is 11.3 Å². The van der Waals surface area contributed by atoms with Crippen LogP contribution in [0.15, 0.2) is 12.1 Å². The molecule has 0 spiro atoms. The smallest absolute Gasteiger partial charge is 0.0931 e. The standard InChI is InChI=1S/C10H11ClN4S/c11-10-2-1-9(16-10)8(7-14)15(5-3-12)6-4-13/h1-2,8H,5-7,14H2. The minimum absolute atomic E-state index is 0.114. The minimum Gasteiger partial charge on any atom is -0.329 e. The van der Waals surface area contributed by atoms with Crippen LogP contribution in [0.1, 0.15) is 10.9 Å². The highest BCUT2D eigenvalue weighted by Gasteiger charge is 2.20. The summed E-state index contributed by atoms with van der Waals surface area (Å²) < 4.78 is 0.683. The fourth-order valence-electron chi connectivity index (χ4n) is 1.41. The van der Waals surface area contributed by atoms with Gasteiger partial charge in [-0.05, 0) is 12.1 Å². The normalized spacial score (nSPS) is 12.1. The quantitative estimate of drug-likeness (QED) is 0.812. The van der Waals surface area contributed by atoms with E-state index in [2.05, 4.69) is 0 Å². The Morgan fingerprint density at radius 2 is 2.00 bits per heavy atom. The second-order valence-corrected chi connectivity index (χ2v) is 4.86. The Hall–Kier alpha value is -1.11. The van der Waals surface area contributed by atoms with Crippen molar-refractivity contribution >= 4 is 22.9 Å². The first-order valence-electron chi connectivity index (χ1n) is 4.66. The lowest BCUT2D eigenvalue weighted by Crippen LogP contribution is -2.34. The molecule has 0 bridgehead atoms. The first-order chi connectivity index (χ1) is 7.72. The number of nitriles is 2. The van der Waals surface area contributed by atoms with Crippen LogP contribution in [0.4, 0.5) is 0 Å². The number of thiophene rings is 1. The van der Waals surface area contributed by atoms with E-state index in [0.29, 0.717) is 10.9 Å². The maximum atomic E-state index is 8.70. The largest absolute Gasteiger partial charge is 0.329 e. The molecule has 0 aliphatic rings. The SMILES string of the molecule is N#CCN(CC#N)C(CN)c1ccc(Cl)s1. The molecule has 0 saturated carbocycles. The van der Waals surface area contributed by atoms with Gasteiger partial charge in [-0.3, -0.25) is 4.90 Å². The molecule has 84 valence electrons. The first kappa shape index (κ1) is 13.0. The third kappa shape index (κ3) is 3.19. The molecule has 0 amide bonds. The third-order valence-electron chi connectivity index (χ3n) is 2.13. The average Bonchev–Trinajstić information content (AvgIpc) is 2.67. The van der Waals surface area contributed by atoms with E-state index in [-0.39, 0.29) is 19.1 Å². The highest BCUT2D eigenvalue weighted by Crippen LogP contribution is 2.29. The van der Waals surface area contributed by atoms with E-state index in [0.717, 1.165) is 4.88 Å². The Balaban J connectivity index is 2.87. The van der Waals surface area contributed by atoms with Crippen molar-refractivity contribution in [3.8, 4) is 12.1 Å². The molecule has 0 fully saturated rings. The van der Waals surface area contributed by atoms with Crippen LogP contribution in [0.2, 0.25) is 4.34 Å². The molecule has 16 heavy (non-hydrogen) atoms. The summed E-state index contributed by atoms with van der Waals surface area (Å²) in [6.45, 7) is 0.732. The molecule has 1 rings (SSSR count). The van der Waals surface area contributed by atoms with Crippen LogP contribution in [0.3, 0.4) is 0 Å². The van der Waals surface area contributed by atoms with Crippen LogP contribution in [-0.2, 0) is 0 Å². The van der Waals surface area contributed by atoms with Gasteiger partial charge in [0.1, 0.15) is 0 Å². The van der Waals surface area contributed by atoms with Crippen molar-refractivity contribution in [2.24, 2.45) is 5.73 Å². The highest BCUT2D eigenvalue weighted by molar-refractivity contribution is 7.16. The summed E-state index contributed by atoms with van der Waals surface area (Å²) in [4.78, 5) is 2.72. The zero-order valence-corrected chi connectivity index (χ0v) is 10.1. The van der Waals surface area contributed by atoms with Gasteiger partial charge in [0.25, 0.3) is 0 Å². The van der Waals surface area contributed by atoms with Crippen LogP contribution in [0.25, 0.3) is 0 Å². The van der Waals surface area contributed by atoms with E-state index >= 15 is 0 Å². The topological polar surface area (TPSA) is 76.8 Å². The summed E-state index contributed by atoms with van der Waals surface area (Å²) in [5.74, 6) is 0. The monoisotopic (exact) mass is 254 g/mol.